The van der Waals surface area contributed by atoms with E-state index >= 15 is 0 Å². The van der Waals surface area contributed by atoms with Crippen LogP contribution in [-0.2, 0) is 23.7 Å². The highest BCUT2D eigenvalue weighted by molar-refractivity contribution is 6.05. The molecule has 3 saturated heterocycles. The average Bonchev–Trinajstić information content (AvgIpc) is 3.48. The lowest BCUT2D eigenvalue weighted by molar-refractivity contribution is -0.430. The van der Waals surface area contributed by atoms with Gasteiger partial charge in [0.15, 0.2) is 11.4 Å². The zero-order chi connectivity index (χ0) is 25.9. The number of unbranched alkanes of at least 4 members (excludes halogenated alkanes) is 4. The molecular formula is C28H40O8. The molecule has 11 atom stereocenters. The van der Waals surface area contributed by atoms with E-state index in [2.05, 4.69) is 20.4 Å². The summed E-state index contributed by atoms with van der Waals surface area (Å²) in [6.45, 7) is 11.6. The van der Waals surface area contributed by atoms with E-state index in [9.17, 15) is 20.1 Å². The molecule has 3 aliphatic heterocycles. The van der Waals surface area contributed by atoms with Gasteiger partial charge in [-0.05, 0) is 43.8 Å². The summed E-state index contributed by atoms with van der Waals surface area (Å²) >= 11 is 0. The van der Waals surface area contributed by atoms with Crippen molar-refractivity contribution in [1.82, 2.24) is 0 Å². The van der Waals surface area contributed by atoms with Gasteiger partial charge < -0.3 is 34.3 Å². The van der Waals surface area contributed by atoms with E-state index in [0.29, 0.717) is 18.4 Å². The Labute approximate surface area is 212 Å². The third kappa shape index (κ3) is 2.72. The molecular weight excluding hydrogens is 464 g/mol. The maximum atomic E-state index is 13.5. The SMILES string of the molecule is C=C(C)C12CC(C)C34OC(CCCCCCC)(OC1C3C1OC1(CO)C(O)C1(O)C(=O)C(C)=CC14)O2. The number of carbonyl (C=O) groups is 1. The van der Waals surface area contributed by atoms with E-state index < -0.39 is 70.9 Å². The van der Waals surface area contributed by atoms with Crippen LogP contribution in [0.3, 0.4) is 0 Å². The number of ether oxygens (including phenoxy) is 4. The molecule has 0 radical (unpaired) electrons. The molecule has 0 aromatic heterocycles. The maximum Gasteiger partial charge on any atom is 0.284 e. The van der Waals surface area contributed by atoms with Crippen LogP contribution in [0.2, 0.25) is 0 Å². The minimum absolute atomic E-state index is 0.182. The monoisotopic (exact) mass is 504 g/mol. The lowest BCUT2D eigenvalue weighted by Crippen LogP contribution is -2.72. The first kappa shape index (κ1) is 25.2. The average molecular weight is 505 g/mol. The van der Waals surface area contributed by atoms with Crippen LogP contribution in [0, 0.1) is 17.8 Å². The Balaban J connectivity index is 1.50. The van der Waals surface area contributed by atoms with Crippen LogP contribution < -0.4 is 0 Å². The number of ketones is 1. The molecule has 200 valence electrons. The standard InChI is InChI=1S/C28H40O8/c1-6-7-8-9-10-11-26-34-21-19-22-25(14-29,33-22)23(31)27(32)18(12-16(4)20(27)30)28(19,36-26)17(5)13-24(21,35-26)15(2)3/h12,17-19,21-23,29,31-32H,2,6-11,13-14H2,1,3-5H3. The van der Waals surface area contributed by atoms with Crippen molar-refractivity contribution in [2.24, 2.45) is 17.8 Å². The van der Waals surface area contributed by atoms with Gasteiger partial charge in [-0.3, -0.25) is 4.79 Å². The summed E-state index contributed by atoms with van der Waals surface area (Å²) < 4.78 is 26.6. The fraction of sp³-hybridized carbons (Fsp3) is 0.821. The molecule has 6 rings (SSSR count). The molecule has 0 spiro atoms. The molecule has 2 saturated carbocycles. The summed E-state index contributed by atoms with van der Waals surface area (Å²) in [6.07, 6.45) is 5.35. The first-order chi connectivity index (χ1) is 17.0. The highest BCUT2D eigenvalue weighted by Gasteiger charge is 2.88. The van der Waals surface area contributed by atoms with E-state index in [4.69, 9.17) is 18.9 Å². The van der Waals surface area contributed by atoms with Crippen molar-refractivity contribution in [3.05, 3.63) is 23.8 Å². The van der Waals surface area contributed by atoms with Gasteiger partial charge in [-0.2, -0.15) is 0 Å². The Morgan fingerprint density at radius 3 is 2.56 bits per heavy atom. The van der Waals surface area contributed by atoms with Crippen molar-refractivity contribution in [3.63, 3.8) is 0 Å². The second-order valence-electron chi connectivity index (χ2n) is 12.3. The Morgan fingerprint density at radius 2 is 1.89 bits per heavy atom. The van der Waals surface area contributed by atoms with Crippen LogP contribution in [0.5, 0.6) is 0 Å². The number of aliphatic hydroxyl groups excluding tert-OH is 2. The summed E-state index contributed by atoms with van der Waals surface area (Å²) in [4.78, 5) is 13.5. The Bertz CT molecular complexity index is 1030. The Hall–Kier alpha value is -1.13. The Kier molecular flexibility index (Phi) is 5.39. The molecule has 8 heteroatoms. The number of Topliss-reactive ketones (excluding diaryl/α,β-unsaturated/α-hetero) is 1. The minimum Gasteiger partial charge on any atom is -0.393 e. The van der Waals surface area contributed by atoms with Crippen molar-refractivity contribution >= 4 is 5.78 Å². The lowest BCUT2D eigenvalue weighted by atomic mass is 9.54. The van der Waals surface area contributed by atoms with Crippen molar-refractivity contribution in [2.45, 2.75) is 119 Å². The van der Waals surface area contributed by atoms with Crippen LogP contribution in [0.15, 0.2) is 23.8 Å². The van der Waals surface area contributed by atoms with Crippen molar-refractivity contribution in [3.8, 4) is 0 Å². The number of fused-ring (bicyclic) bond motifs is 3. The van der Waals surface area contributed by atoms with Gasteiger partial charge in [-0.1, -0.05) is 52.2 Å². The molecule has 6 aliphatic rings. The van der Waals surface area contributed by atoms with E-state index in [0.717, 1.165) is 31.3 Å². The van der Waals surface area contributed by atoms with Gasteiger partial charge in [0.2, 0.25) is 0 Å². The number of epoxide rings is 1. The molecule has 0 aromatic carbocycles. The van der Waals surface area contributed by atoms with Crippen LogP contribution in [0.25, 0.3) is 0 Å². The fourth-order valence-electron chi connectivity index (χ4n) is 8.48. The summed E-state index contributed by atoms with van der Waals surface area (Å²) in [5.41, 5.74) is -4.36. The van der Waals surface area contributed by atoms with Crippen molar-refractivity contribution in [1.29, 1.82) is 0 Å². The minimum atomic E-state index is -2.17. The van der Waals surface area contributed by atoms with Crippen molar-refractivity contribution in [2.75, 3.05) is 6.61 Å². The molecule has 3 N–H and O–H groups in total. The molecule has 0 aromatic rings. The van der Waals surface area contributed by atoms with Gasteiger partial charge in [0, 0.05) is 18.3 Å². The van der Waals surface area contributed by atoms with Gasteiger partial charge >= 0.3 is 0 Å². The quantitative estimate of drug-likeness (QED) is 0.262. The molecule has 3 bridgehead atoms. The van der Waals surface area contributed by atoms with Gasteiger partial charge in [-0.25, -0.2) is 0 Å². The van der Waals surface area contributed by atoms with Crippen LogP contribution >= 0.6 is 0 Å². The number of aliphatic hydroxyl groups is 3. The predicted molar refractivity (Wildman–Crippen MR) is 129 cm³/mol. The van der Waals surface area contributed by atoms with Gasteiger partial charge in [-0.15, -0.1) is 0 Å². The smallest absolute Gasteiger partial charge is 0.284 e. The van der Waals surface area contributed by atoms with Crippen LogP contribution in [-0.4, -0.2) is 74.4 Å². The van der Waals surface area contributed by atoms with Crippen LogP contribution in [0.1, 0.15) is 72.6 Å². The summed E-state index contributed by atoms with van der Waals surface area (Å²) in [5, 5.41) is 34.0. The van der Waals surface area contributed by atoms with Crippen molar-refractivity contribution < 1.29 is 39.1 Å². The molecule has 3 aliphatic carbocycles. The van der Waals surface area contributed by atoms with Gasteiger partial charge in [0.1, 0.15) is 29.5 Å². The summed E-state index contributed by atoms with van der Waals surface area (Å²) in [6, 6.07) is 0. The highest BCUT2D eigenvalue weighted by Crippen LogP contribution is 2.73. The summed E-state index contributed by atoms with van der Waals surface area (Å²) in [7, 11) is 0. The number of rotatable bonds is 8. The first-order valence-corrected chi connectivity index (χ1v) is 13.7. The topological polar surface area (TPSA) is 118 Å². The van der Waals surface area contributed by atoms with Gasteiger partial charge in [0.25, 0.3) is 5.97 Å². The molecule has 8 nitrogen and oxygen atoms in total. The third-order valence-electron chi connectivity index (χ3n) is 10.3. The zero-order valence-corrected chi connectivity index (χ0v) is 21.8. The van der Waals surface area contributed by atoms with E-state index in [-0.39, 0.29) is 5.92 Å². The second kappa shape index (κ2) is 7.72. The lowest BCUT2D eigenvalue weighted by Gasteiger charge is -2.59. The highest BCUT2D eigenvalue weighted by atomic mass is 16.9. The second-order valence-corrected chi connectivity index (χ2v) is 12.3. The molecule has 0 amide bonds. The Morgan fingerprint density at radius 1 is 1.17 bits per heavy atom. The third-order valence-corrected chi connectivity index (χ3v) is 10.3. The maximum absolute atomic E-state index is 13.5. The normalized spacial score (nSPS) is 54.0. The molecule has 11 unspecified atom stereocenters. The molecule has 3 heterocycles. The predicted octanol–water partition coefficient (Wildman–Crippen LogP) is 2.54. The first-order valence-electron chi connectivity index (χ1n) is 13.7. The van der Waals surface area contributed by atoms with Gasteiger partial charge in [0.05, 0.1) is 12.2 Å². The summed E-state index contributed by atoms with van der Waals surface area (Å²) in [5.74, 6) is -3.37. The molecule has 5 fully saturated rings. The largest absolute Gasteiger partial charge is 0.393 e. The number of hydrogen-bond acceptors (Lipinski definition) is 8. The molecule has 36 heavy (non-hydrogen) atoms. The number of hydrogen-bond donors (Lipinski definition) is 3. The van der Waals surface area contributed by atoms with E-state index in [1.807, 2.05) is 6.92 Å². The van der Waals surface area contributed by atoms with Crippen LogP contribution in [0.4, 0.5) is 0 Å². The number of carbonyl (C=O) groups excluding carboxylic acids is 1. The fourth-order valence-corrected chi connectivity index (χ4v) is 8.48. The van der Waals surface area contributed by atoms with E-state index in [1.54, 1.807) is 13.0 Å². The van der Waals surface area contributed by atoms with E-state index in [1.165, 1.54) is 6.42 Å². The zero-order valence-electron chi connectivity index (χ0n) is 21.8.